The number of carbonyl (C=O) groups excluding carboxylic acids is 1. The minimum atomic E-state index is -0.108. The molecule has 0 aliphatic heterocycles. The standard InChI is InChI=1S/C11H16BrNO2S/c1-2-15-11(14)4-3-7-13-8-9-5-6-10(12)16-9/h5-6,13H,2-4,7-8H2,1H3. The Kier molecular flexibility index (Phi) is 6.68. The molecule has 0 unspecified atom stereocenters. The van der Waals surface area contributed by atoms with Crippen LogP contribution in [0.15, 0.2) is 15.9 Å². The van der Waals surface area contributed by atoms with Crippen molar-refractivity contribution in [3.63, 3.8) is 0 Å². The SMILES string of the molecule is CCOC(=O)CCCNCc1ccc(Br)s1. The Bertz CT molecular complexity index is 328. The third-order valence-electron chi connectivity index (χ3n) is 1.97. The zero-order valence-electron chi connectivity index (χ0n) is 9.29. The van der Waals surface area contributed by atoms with Crippen LogP contribution in [0.1, 0.15) is 24.6 Å². The number of ether oxygens (including phenoxy) is 1. The van der Waals surface area contributed by atoms with E-state index in [1.54, 1.807) is 11.3 Å². The van der Waals surface area contributed by atoms with Crippen LogP contribution in [0.3, 0.4) is 0 Å². The zero-order chi connectivity index (χ0) is 11.8. The first-order valence-electron chi connectivity index (χ1n) is 5.33. The highest BCUT2D eigenvalue weighted by molar-refractivity contribution is 9.11. The van der Waals surface area contributed by atoms with Crippen LogP contribution < -0.4 is 5.32 Å². The van der Waals surface area contributed by atoms with Gasteiger partial charge in [0.15, 0.2) is 0 Å². The van der Waals surface area contributed by atoms with Crippen molar-refractivity contribution < 1.29 is 9.53 Å². The van der Waals surface area contributed by atoms with E-state index in [1.165, 1.54) is 4.88 Å². The Morgan fingerprint density at radius 1 is 1.56 bits per heavy atom. The predicted octanol–water partition coefficient (Wildman–Crippen LogP) is 2.94. The Morgan fingerprint density at radius 3 is 3.00 bits per heavy atom. The van der Waals surface area contributed by atoms with Gasteiger partial charge in [-0.2, -0.15) is 0 Å². The highest BCUT2D eigenvalue weighted by atomic mass is 79.9. The van der Waals surface area contributed by atoms with Crippen LogP contribution in [-0.2, 0) is 16.1 Å². The van der Waals surface area contributed by atoms with Gasteiger partial charge in [0.05, 0.1) is 10.4 Å². The number of hydrogen-bond acceptors (Lipinski definition) is 4. The van der Waals surface area contributed by atoms with Crippen molar-refractivity contribution >= 4 is 33.2 Å². The van der Waals surface area contributed by atoms with Crippen molar-refractivity contribution in [2.75, 3.05) is 13.2 Å². The van der Waals surface area contributed by atoms with Gasteiger partial charge in [-0.05, 0) is 48.0 Å². The lowest BCUT2D eigenvalue weighted by Gasteiger charge is -2.03. The molecular formula is C11H16BrNO2S. The molecule has 5 heteroatoms. The van der Waals surface area contributed by atoms with Crippen LogP contribution in [0.25, 0.3) is 0 Å². The molecule has 0 spiro atoms. The second-order valence-electron chi connectivity index (χ2n) is 3.29. The molecule has 3 nitrogen and oxygen atoms in total. The average Bonchev–Trinajstić information content (AvgIpc) is 2.64. The lowest BCUT2D eigenvalue weighted by molar-refractivity contribution is -0.143. The lowest BCUT2D eigenvalue weighted by atomic mass is 10.3. The first kappa shape index (κ1) is 13.7. The smallest absolute Gasteiger partial charge is 0.305 e. The molecule has 0 saturated heterocycles. The minimum absolute atomic E-state index is 0.108. The van der Waals surface area contributed by atoms with Crippen molar-refractivity contribution in [1.82, 2.24) is 5.32 Å². The summed E-state index contributed by atoms with van der Waals surface area (Å²) in [7, 11) is 0. The number of rotatable bonds is 7. The molecular weight excluding hydrogens is 290 g/mol. The number of halogens is 1. The largest absolute Gasteiger partial charge is 0.466 e. The fourth-order valence-electron chi connectivity index (χ4n) is 1.25. The average molecular weight is 306 g/mol. The van der Waals surface area contributed by atoms with E-state index in [0.717, 1.165) is 23.3 Å². The predicted molar refractivity (Wildman–Crippen MR) is 69.6 cm³/mol. The van der Waals surface area contributed by atoms with Crippen LogP contribution in [0, 0.1) is 0 Å². The molecule has 0 radical (unpaired) electrons. The Balaban J connectivity index is 2.02. The van der Waals surface area contributed by atoms with Crippen molar-refractivity contribution in [3.8, 4) is 0 Å². The van der Waals surface area contributed by atoms with Crippen molar-refractivity contribution in [2.24, 2.45) is 0 Å². The molecule has 1 heterocycles. The van der Waals surface area contributed by atoms with E-state index in [9.17, 15) is 4.79 Å². The zero-order valence-corrected chi connectivity index (χ0v) is 11.7. The molecule has 16 heavy (non-hydrogen) atoms. The lowest BCUT2D eigenvalue weighted by Crippen LogP contribution is -2.15. The molecule has 90 valence electrons. The highest BCUT2D eigenvalue weighted by Crippen LogP contribution is 2.21. The van der Waals surface area contributed by atoms with E-state index in [-0.39, 0.29) is 5.97 Å². The van der Waals surface area contributed by atoms with E-state index in [2.05, 4.69) is 27.3 Å². The van der Waals surface area contributed by atoms with E-state index >= 15 is 0 Å². The van der Waals surface area contributed by atoms with Crippen LogP contribution in [-0.4, -0.2) is 19.1 Å². The maximum absolute atomic E-state index is 11.0. The molecule has 1 rings (SSSR count). The summed E-state index contributed by atoms with van der Waals surface area (Å²) >= 11 is 5.14. The van der Waals surface area contributed by atoms with Crippen LogP contribution in [0.2, 0.25) is 0 Å². The molecule has 0 aliphatic rings. The molecule has 1 aromatic heterocycles. The molecule has 0 atom stereocenters. The van der Waals surface area contributed by atoms with E-state index in [1.807, 2.05) is 13.0 Å². The summed E-state index contributed by atoms with van der Waals surface area (Å²) in [5.41, 5.74) is 0. The molecule has 0 fully saturated rings. The normalized spacial score (nSPS) is 10.4. The van der Waals surface area contributed by atoms with E-state index in [0.29, 0.717) is 13.0 Å². The third-order valence-corrected chi connectivity index (χ3v) is 3.59. The number of carbonyl (C=O) groups is 1. The quantitative estimate of drug-likeness (QED) is 0.622. The number of esters is 1. The number of nitrogens with one attached hydrogen (secondary N) is 1. The molecule has 0 amide bonds. The molecule has 1 N–H and O–H groups in total. The molecule has 0 bridgehead atoms. The van der Waals surface area contributed by atoms with Gasteiger partial charge in [0.2, 0.25) is 0 Å². The summed E-state index contributed by atoms with van der Waals surface area (Å²) in [4.78, 5) is 12.3. The van der Waals surface area contributed by atoms with Crippen molar-refractivity contribution in [3.05, 3.63) is 20.8 Å². The van der Waals surface area contributed by atoms with Gasteiger partial charge in [0, 0.05) is 17.8 Å². The third kappa shape index (κ3) is 5.63. The fraction of sp³-hybridized carbons (Fsp3) is 0.545. The summed E-state index contributed by atoms with van der Waals surface area (Å²) < 4.78 is 5.99. The summed E-state index contributed by atoms with van der Waals surface area (Å²) in [5.74, 6) is -0.108. The first-order chi connectivity index (χ1) is 7.72. The molecule has 0 aromatic carbocycles. The number of thiophene rings is 1. The van der Waals surface area contributed by atoms with Gasteiger partial charge >= 0.3 is 5.97 Å². The first-order valence-corrected chi connectivity index (χ1v) is 6.94. The minimum Gasteiger partial charge on any atom is -0.466 e. The maximum atomic E-state index is 11.0. The summed E-state index contributed by atoms with van der Waals surface area (Å²) in [6, 6.07) is 4.13. The summed E-state index contributed by atoms with van der Waals surface area (Å²) in [6.45, 7) is 3.99. The number of hydrogen-bond donors (Lipinski definition) is 1. The second kappa shape index (κ2) is 7.81. The van der Waals surface area contributed by atoms with Gasteiger partial charge in [0.1, 0.15) is 0 Å². The van der Waals surface area contributed by atoms with Crippen molar-refractivity contribution in [1.29, 1.82) is 0 Å². The van der Waals surface area contributed by atoms with Gasteiger partial charge in [-0.15, -0.1) is 11.3 Å². The fourth-order valence-corrected chi connectivity index (χ4v) is 2.70. The summed E-state index contributed by atoms with van der Waals surface area (Å²) in [6.07, 6.45) is 1.32. The van der Waals surface area contributed by atoms with Crippen LogP contribution in [0.5, 0.6) is 0 Å². The highest BCUT2D eigenvalue weighted by Gasteiger charge is 2.01. The van der Waals surface area contributed by atoms with Gasteiger partial charge in [0.25, 0.3) is 0 Å². The van der Waals surface area contributed by atoms with Gasteiger partial charge in [-0.1, -0.05) is 0 Å². The second-order valence-corrected chi connectivity index (χ2v) is 5.84. The van der Waals surface area contributed by atoms with Crippen LogP contribution in [0.4, 0.5) is 0 Å². The van der Waals surface area contributed by atoms with Gasteiger partial charge in [-0.25, -0.2) is 0 Å². The van der Waals surface area contributed by atoms with Crippen molar-refractivity contribution in [2.45, 2.75) is 26.3 Å². The van der Waals surface area contributed by atoms with Gasteiger partial charge < -0.3 is 10.1 Å². The maximum Gasteiger partial charge on any atom is 0.305 e. The van der Waals surface area contributed by atoms with E-state index in [4.69, 9.17) is 4.74 Å². The molecule has 0 saturated carbocycles. The molecule has 1 aromatic rings. The monoisotopic (exact) mass is 305 g/mol. The Morgan fingerprint density at radius 2 is 2.38 bits per heavy atom. The molecule has 0 aliphatic carbocycles. The summed E-state index contributed by atoms with van der Waals surface area (Å²) in [5, 5.41) is 3.29. The van der Waals surface area contributed by atoms with Crippen LogP contribution >= 0.6 is 27.3 Å². The Hall–Kier alpha value is -0.390. The topological polar surface area (TPSA) is 38.3 Å². The Labute approximate surface area is 108 Å². The van der Waals surface area contributed by atoms with E-state index < -0.39 is 0 Å². The van der Waals surface area contributed by atoms with Gasteiger partial charge in [-0.3, -0.25) is 4.79 Å².